The molecule has 2 nitrogen and oxygen atoms in total. The summed E-state index contributed by atoms with van der Waals surface area (Å²) >= 11 is 5.88. The van der Waals surface area contributed by atoms with Crippen molar-refractivity contribution < 1.29 is 5.11 Å². The Morgan fingerprint density at radius 1 is 0.905 bits per heavy atom. The van der Waals surface area contributed by atoms with E-state index in [2.05, 4.69) is 17.0 Å². The second-order valence-corrected chi connectivity index (χ2v) is 6.12. The number of likely N-dealkylation sites (tertiary alicyclic amines) is 1. The van der Waals surface area contributed by atoms with E-state index in [-0.39, 0.29) is 0 Å². The molecule has 0 saturated carbocycles. The van der Waals surface area contributed by atoms with Crippen LogP contribution in [-0.4, -0.2) is 23.1 Å². The average Bonchev–Trinajstić information content (AvgIpc) is 3.01. The Hall–Kier alpha value is -1.35. The summed E-state index contributed by atoms with van der Waals surface area (Å²) in [4.78, 5) is 2.48. The predicted molar refractivity (Wildman–Crippen MR) is 86.5 cm³/mol. The summed E-state index contributed by atoms with van der Waals surface area (Å²) < 4.78 is 0. The summed E-state index contributed by atoms with van der Waals surface area (Å²) in [7, 11) is 0. The molecule has 21 heavy (non-hydrogen) atoms. The van der Waals surface area contributed by atoms with Crippen LogP contribution in [0.2, 0.25) is 5.02 Å². The summed E-state index contributed by atoms with van der Waals surface area (Å²) in [6.45, 7) is 3.42. The third kappa shape index (κ3) is 3.65. The van der Waals surface area contributed by atoms with Crippen molar-refractivity contribution in [1.29, 1.82) is 0 Å². The van der Waals surface area contributed by atoms with Gasteiger partial charge >= 0.3 is 0 Å². The highest BCUT2D eigenvalue weighted by atomic mass is 35.5. The molecular weight excluding hydrogens is 282 g/mol. The molecule has 1 N–H and O–H groups in total. The zero-order valence-corrected chi connectivity index (χ0v) is 12.8. The monoisotopic (exact) mass is 301 g/mol. The molecule has 0 bridgehead atoms. The van der Waals surface area contributed by atoms with Crippen LogP contribution in [0.15, 0.2) is 48.5 Å². The average molecular weight is 302 g/mol. The van der Waals surface area contributed by atoms with E-state index in [1.165, 1.54) is 31.5 Å². The molecule has 1 heterocycles. The number of nitrogens with zero attached hydrogens (tertiary/aromatic N) is 1. The quantitative estimate of drug-likeness (QED) is 0.922. The molecule has 2 aromatic carbocycles. The lowest BCUT2D eigenvalue weighted by atomic mass is 10.0. The molecule has 1 fully saturated rings. The minimum absolute atomic E-state index is 0.594. The minimum atomic E-state index is -0.594. The molecule has 1 saturated heterocycles. The van der Waals surface area contributed by atoms with Crippen LogP contribution in [0, 0.1) is 0 Å². The van der Waals surface area contributed by atoms with Crippen LogP contribution in [0.5, 0.6) is 0 Å². The second-order valence-electron chi connectivity index (χ2n) is 5.68. The number of aliphatic hydroxyl groups excluding tert-OH is 1. The minimum Gasteiger partial charge on any atom is -0.384 e. The number of benzene rings is 2. The highest BCUT2D eigenvalue weighted by Crippen LogP contribution is 2.24. The van der Waals surface area contributed by atoms with E-state index in [0.29, 0.717) is 5.02 Å². The van der Waals surface area contributed by atoms with Crippen molar-refractivity contribution in [2.45, 2.75) is 25.5 Å². The van der Waals surface area contributed by atoms with Crippen molar-refractivity contribution >= 4 is 11.6 Å². The van der Waals surface area contributed by atoms with Crippen LogP contribution in [0.25, 0.3) is 0 Å². The van der Waals surface area contributed by atoms with Gasteiger partial charge in [-0.1, -0.05) is 48.0 Å². The molecule has 2 aromatic rings. The first-order valence-electron chi connectivity index (χ1n) is 7.47. The first-order chi connectivity index (χ1) is 10.2. The highest BCUT2D eigenvalue weighted by molar-refractivity contribution is 6.30. The van der Waals surface area contributed by atoms with Gasteiger partial charge in [-0.3, -0.25) is 4.90 Å². The summed E-state index contributed by atoms with van der Waals surface area (Å²) in [6, 6.07) is 15.6. The van der Waals surface area contributed by atoms with Gasteiger partial charge in [0, 0.05) is 11.6 Å². The molecule has 0 aromatic heterocycles. The van der Waals surface area contributed by atoms with E-state index in [1.807, 2.05) is 36.4 Å². The fraction of sp³-hybridized carbons (Fsp3) is 0.333. The standard InChI is InChI=1S/C18H20ClNO/c19-17-9-7-16(8-10-17)18(21)15-5-3-14(4-6-15)13-20-11-1-2-12-20/h3-10,18,21H,1-2,11-13H2/t18-/m1/s1. The smallest absolute Gasteiger partial charge is 0.104 e. The van der Waals surface area contributed by atoms with Gasteiger partial charge in [-0.2, -0.15) is 0 Å². The summed E-state index contributed by atoms with van der Waals surface area (Å²) in [5.41, 5.74) is 3.10. The molecule has 0 aliphatic carbocycles. The zero-order chi connectivity index (χ0) is 14.7. The lowest BCUT2D eigenvalue weighted by Gasteiger charge is -2.16. The lowest BCUT2D eigenvalue weighted by Crippen LogP contribution is -2.18. The van der Waals surface area contributed by atoms with Crippen LogP contribution in [0.3, 0.4) is 0 Å². The molecule has 0 unspecified atom stereocenters. The normalized spacial score (nSPS) is 17.0. The Kier molecular flexibility index (Phi) is 4.59. The van der Waals surface area contributed by atoms with Gasteiger partial charge in [0.2, 0.25) is 0 Å². The molecule has 1 aliphatic heterocycles. The highest BCUT2D eigenvalue weighted by Gasteiger charge is 2.13. The molecule has 0 spiro atoms. The second kappa shape index (κ2) is 6.61. The van der Waals surface area contributed by atoms with Gasteiger partial charge in [0.25, 0.3) is 0 Å². The Morgan fingerprint density at radius 3 is 2.00 bits per heavy atom. The Bertz CT molecular complexity index is 573. The topological polar surface area (TPSA) is 23.5 Å². The third-order valence-corrected chi connectivity index (χ3v) is 4.34. The number of rotatable bonds is 4. The first-order valence-corrected chi connectivity index (χ1v) is 7.85. The van der Waals surface area contributed by atoms with Crippen LogP contribution in [-0.2, 0) is 6.54 Å². The molecule has 0 amide bonds. The predicted octanol–water partition coefficient (Wildman–Crippen LogP) is 4.02. The maximum absolute atomic E-state index is 10.4. The van der Waals surface area contributed by atoms with Crippen molar-refractivity contribution in [3.8, 4) is 0 Å². The largest absolute Gasteiger partial charge is 0.384 e. The van der Waals surface area contributed by atoms with Crippen molar-refractivity contribution in [3.63, 3.8) is 0 Å². The lowest BCUT2D eigenvalue weighted by molar-refractivity contribution is 0.220. The SMILES string of the molecule is O[C@@H](c1ccc(Cl)cc1)c1ccc(CN2CCCC2)cc1. The fourth-order valence-corrected chi connectivity index (χ4v) is 2.97. The Balaban J connectivity index is 1.69. The zero-order valence-electron chi connectivity index (χ0n) is 12.0. The van der Waals surface area contributed by atoms with Gasteiger partial charge in [-0.25, -0.2) is 0 Å². The van der Waals surface area contributed by atoms with Gasteiger partial charge in [0.05, 0.1) is 0 Å². The van der Waals surface area contributed by atoms with Crippen molar-refractivity contribution in [1.82, 2.24) is 4.90 Å². The van der Waals surface area contributed by atoms with Crippen LogP contribution >= 0.6 is 11.6 Å². The van der Waals surface area contributed by atoms with E-state index in [9.17, 15) is 5.11 Å². The van der Waals surface area contributed by atoms with Gasteiger partial charge in [0.1, 0.15) is 6.10 Å². The van der Waals surface area contributed by atoms with E-state index < -0.39 is 6.10 Å². The molecule has 1 aliphatic rings. The van der Waals surface area contributed by atoms with Gasteiger partial charge in [-0.05, 0) is 54.8 Å². The van der Waals surface area contributed by atoms with E-state index in [0.717, 1.165) is 17.7 Å². The summed E-state index contributed by atoms with van der Waals surface area (Å²) in [5, 5.41) is 11.1. The first kappa shape index (κ1) is 14.6. The van der Waals surface area contributed by atoms with E-state index in [4.69, 9.17) is 11.6 Å². The summed E-state index contributed by atoms with van der Waals surface area (Å²) in [5.74, 6) is 0. The van der Waals surface area contributed by atoms with Crippen LogP contribution in [0.1, 0.15) is 35.6 Å². The number of hydrogen-bond donors (Lipinski definition) is 1. The third-order valence-electron chi connectivity index (χ3n) is 4.09. The van der Waals surface area contributed by atoms with Gasteiger partial charge in [-0.15, -0.1) is 0 Å². The fourth-order valence-electron chi connectivity index (χ4n) is 2.84. The maximum atomic E-state index is 10.4. The Labute approximate surface area is 131 Å². The van der Waals surface area contributed by atoms with Crippen LogP contribution < -0.4 is 0 Å². The molecule has 110 valence electrons. The van der Waals surface area contributed by atoms with Crippen LogP contribution in [0.4, 0.5) is 0 Å². The molecule has 1 atom stereocenters. The van der Waals surface area contributed by atoms with Gasteiger partial charge in [0.15, 0.2) is 0 Å². The maximum Gasteiger partial charge on any atom is 0.104 e. The van der Waals surface area contributed by atoms with Gasteiger partial charge < -0.3 is 5.11 Å². The Morgan fingerprint density at radius 2 is 1.43 bits per heavy atom. The summed E-state index contributed by atoms with van der Waals surface area (Å²) in [6.07, 6.45) is 2.03. The number of halogens is 1. The van der Waals surface area contributed by atoms with Crippen molar-refractivity contribution in [2.24, 2.45) is 0 Å². The molecule has 3 heteroatoms. The molecule has 0 radical (unpaired) electrons. The number of aliphatic hydroxyl groups is 1. The molecule has 3 rings (SSSR count). The van der Waals surface area contributed by atoms with Crippen molar-refractivity contribution in [3.05, 3.63) is 70.2 Å². The van der Waals surface area contributed by atoms with Crippen molar-refractivity contribution in [2.75, 3.05) is 13.1 Å². The number of hydrogen-bond acceptors (Lipinski definition) is 2. The molecular formula is C18H20ClNO. The van der Waals surface area contributed by atoms with E-state index in [1.54, 1.807) is 0 Å². The van der Waals surface area contributed by atoms with E-state index >= 15 is 0 Å².